The maximum atomic E-state index is 11.7. The zero-order chi connectivity index (χ0) is 17.4. The second-order valence-corrected chi connectivity index (χ2v) is 4.99. The van der Waals surface area contributed by atoms with Gasteiger partial charge in [0.15, 0.2) is 6.61 Å². The SMILES string of the molecule is C=C(C)C(=O)OCC(=O)ON=C(c1ccccc1)c1ccccc1. The molecule has 0 amide bonds. The standard InChI is InChI=1S/C19H17NO4/c1-14(2)19(22)23-13-17(21)24-20-18(15-9-5-3-6-10-15)16-11-7-4-8-12-16/h3-12H,1,13H2,2H3. The monoisotopic (exact) mass is 323 g/mol. The summed E-state index contributed by atoms with van der Waals surface area (Å²) in [6, 6.07) is 18.7. The topological polar surface area (TPSA) is 65.0 Å². The van der Waals surface area contributed by atoms with Crippen LogP contribution in [0.15, 0.2) is 78.0 Å². The number of ether oxygens (including phenoxy) is 1. The van der Waals surface area contributed by atoms with Crippen molar-refractivity contribution in [2.45, 2.75) is 6.92 Å². The molecule has 0 bridgehead atoms. The highest BCUT2D eigenvalue weighted by molar-refractivity contribution is 6.12. The summed E-state index contributed by atoms with van der Waals surface area (Å²) in [4.78, 5) is 27.8. The number of hydrogen-bond donors (Lipinski definition) is 0. The average molecular weight is 323 g/mol. The van der Waals surface area contributed by atoms with E-state index in [9.17, 15) is 9.59 Å². The summed E-state index contributed by atoms with van der Waals surface area (Å²) >= 11 is 0. The molecule has 24 heavy (non-hydrogen) atoms. The van der Waals surface area contributed by atoms with E-state index < -0.39 is 18.5 Å². The molecule has 5 heteroatoms. The van der Waals surface area contributed by atoms with Crippen LogP contribution in [-0.2, 0) is 19.2 Å². The summed E-state index contributed by atoms with van der Waals surface area (Å²) in [5.41, 5.74) is 2.32. The summed E-state index contributed by atoms with van der Waals surface area (Å²) in [7, 11) is 0. The molecule has 0 atom stereocenters. The lowest BCUT2D eigenvalue weighted by atomic mass is 10.0. The first-order valence-electron chi connectivity index (χ1n) is 7.29. The molecule has 0 aromatic heterocycles. The maximum Gasteiger partial charge on any atom is 0.372 e. The number of oxime groups is 1. The lowest BCUT2D eigenvalue weighted by Crippen LogP contribution is -2.16. The van der Waals surface area contributed by atoms with Crippen molar-refractivity contribution in [1.82, 2.24) is 0 Å². The van der Waals surface area contributed by atoms with Gasteiger partial charge in [-0.05, 0) is 6.92 Å². The Bertz CT molecular complexity index is 710. The molecular formula is C19H17NO4. The van der Waals surface area contributed by atoms with Gasteiger partial charge in [-0.25, -0.2) is 9.59 Å². The first-order valence-corrected chi connectivity index (χ1v) is 7.29. The Morgan fingerprint density at radius 3 is 1.92 bits per heavy atom. The number of esters is 1. The van der Waals surface area contributed by atoms with Crippen molar-refractivity contribution in [3.63, 3.8) is 0 Å². The minimum Gasteiger partial charge on any atom is -0.450 e. The normalized spacial score (nSPS) is 9.71. The summed E-state index contributed by atoms with van der Waals surface area (Å²) in [6.07, 6.45) is 0. The van der Waals surface area contributed by atoms with E-state index in [1.807, 2.05) is 60.7 Å². The van der Waals surface area contributed by atoms with E-state index in [4.69, 9.17) is 9.57 Å². The van der Waals surface area contributed by atoms with Crippen LogP contribution in [0, 0.1) is 0 Å². The van der Waals surface area contributed by atoms with Gasteiger partial charge >= 0.3 is 11.9 Å². The van der Waals surface area contributed by atoms with E-state index in [1.54, 1.807) is 0 Å². The fourth-order valence-electron chi connectivity index (χ4n) is 1.83. The molecule has 0 aliphatic rings. The molecule has 0 fully saturated rings. The smallest absolute Gasteiger partial charge is 0.372 e. The van der Waals surface area contributed by atoms with Crippen molar-refractivity contribution >= 4 is 17.7 Å². The van der Waals surface area contributed by atoms with Gasteiger partial charge < -0.3 is 9.57 Å². The number of nitrogens with zero attached hydrogens (tertiary/aromatic N) is 1. The van der Waals surface area contributed by atoms with E-state index in [0.29, 0.717) is 5.71 Å². The molecule has 0 heterocycles. The molecule has 2 aromatic carbocycles. The highest BCUT2D eigenvalue weighted by Gasteiger charge is 2.12. The Morgan fingerprint density at radius 2 is 1.46 bits per heavy atom. The Balaban J connectivity index is 2.13. The molecular weight excluding hydrogens is 306 g/mol. The van der Waals surface area contributed by atoms with Gasteiger partial charge in [0.2, 0.25) is 0 Å². The van der Waals surface area contributed by atoms with E-state index in [1.165, 1.54) is 6.92 Å². The summed E-state index contributed by atoms with van der Waals surface area (Å²) in [5.74, 6) is -1.42. The average Bonchev–Trinajstić information content (AvgIpc) is 2.61. The molecule has 0 saturated carbocycles. The molecule has 0 spiro atoms. The van der Waals surface area contributed by atoms with Crippen LogP contribution >= 0.6 is 0 Å². The van der Waals surface area contributed by atoms with Gasteiger partial charge in [0.05, 0.1) is 0 Å². The van der Waals surface area contributed by atoms with Gasteiger partial charge in [0.25, 0.3) is 0 Å². The van der Waals surface area contributed by atoms with Gasteiger partial charge in [-0.1, -0.05) is 72.4 Å². The number of rotatable bonds is 6. The van der Waals surface area contributed by atoms with Gasteiger partial charge in [-0.15, -0.1) is 0 Å². The van der Waals surface area contributed by atoms with E-state index in [2.05, 4.69) is 11.7 Å². The molecule has 122 valence electrons. The molecule has 0 saturated heterocycles. The van der Waals surface area contributed by atoms with Crippen LogP contribution < -0.4 is 0 Å². The summed E-state index contributed by atoms with van der Waals surface area (Å²) in [5, 5.41) is 3.94. The Kier molecular flexibility index (Phi) is 6.02. The van der Waals surface area contributed by atoms with Crippen molar-refractivity contribution in [3.05, 3.63) is 83.9 Å². The van der Waals surface area contributed by atoms with Crippen molar-refractivity contribution in [2.24, 2.45) is 5.16 Å². The minimum atomic E-state index is -0.769. The predicted octanol–water partition coefficient (Wildman–Crippen LogP) is 3.10. The third-order valence-electron chi connectivity index (χ3n) is 3.00. The van der Waals surface area contributed by atoms with E-state index in [0.717, 1.165) is 11.1 Å². The van der Waals surface area contributed by atoms with Gasteiger partial charge in [0, 0.05) is 16.7 Å². The fraction of sp³-hybridized carbons (Fsp3) is 0.105. The molecule has 2 rings (SSSR count). The first kappa shape index (κ1) is 17.1. The zero-order valence-corrected chi connectivity index (χ0v) is 13.3. The highest BCUT2D eigenvalue weighted by Crippen LogP contribution is 2.11. The molecule has 0 unspecified atom stereocenters. The number of carbonyl (C=O) groups excluding carboxylic acids is 2. The van der Waals surface area contributed by atoms with Gasteiger partial charge in [-0.2, -0.15) is 0 Å². The largest absolute Gasteiger partial charge is 0.450 e. The molecule has 0 N–H and O–H groups in total. The second kappa shape index (κ2) is 8.43. The third kappa shape index (κ3) is 4.91. The van der Waals surface area contributed by atoms with Crippen LogP contribution in [0.3, 0.4) is 0 Å². The van der Waals surface area contributed by atoms with E-state index >= 15 is 0 Å². The Hall–Kier alpha value is -3.21. The number of benzene rings is 2. The molecule has 2 aromatic rings. The van der Waals surface area contributed by atoms with Crippen molar-refractivity contribution in [2.75, 3.05) is 6.61 Å². The fourth-order valence-corrected chi connectivity index (χ4v) is 1.83. The van der Waals surface area contributed by atoms with Gasteiger partial charge in [-0.3, -0.25) is 0 Å². The quantitative estimate of drug-likeness (QED) is 0.269. The summed E-state index contributed by atoms with van der Waals surface area (Å²) in [6.45, 7) is 4.41. The van der Waals surface area contributed by atoms with Crippen LogP contribution in [0.1, 0.15) is 18.1 Å². The minimum absolute atomic E-state index is 0.209. The van der Waals surface area contributed by atoms with Crippen molar-refractivity contribution in [1.29, 1.82) is 0 Å². The second-order valence-electron chi connectivity index (χ2n) is 4.99. The van der Waals surface area contributed by atoms with Crippen LogP contribution in [0.25, 0.3) is 0 Å². The molecule has 0 radical (unpaired) electrons. The van der Waals surface area contributed by atoms with Gasteiger partial charge in [0.1, 0.15) is 5.71 Å². The predicted molar refractivity (Wildman–Crippen MR) is 90.4 cm³/mol. The van der Waals surface area contributed by atoms with Crippen LogP contribution in [0.2, 0.25) is 0 Å². The van der Waals surface area contributed by atoms with Crippen LogP contribution in [0.5, 0.6) is 0 Å². The first-order chi connectivity index (χ1) is 11.6. The Labute approximate surface area is 140 Å². The van der Waals surface area contributed by atoms with Crippen molar-refractivity contribution in [3.8, 4) is 0 Å². The third-order valence-corrected chi connectivity index (χ3v) is 3.00. The summed E-state index contributed by atoms with van der Waals surface area (Å²) < 4.78 is 4.73. The molecule has 0 aliphatic heterocycles. The molecule has 5 nitrogen and oxygen atoms in total. The zero-order valence-electron chi connectivity index (χ0n) is 13.3. The lowest BCUT2D eigenvalue weighted by molar-refractivity contribution is -0.156. The molecule has 0 aliphatic carbocycles. The highest BCUT2D eigenvalue weighted by atomic mass is 16.7. The van der Waals surface area contributed by atoms with Crippen molar-refractivity contribution < 1.29 is 19.2 Å². The maximum absolute atomic E-state index is 11.7. The van der Waals surface area contributed by atoms with Crippen LogP contribution in [-0.4, -0.2) is 24.3 Å². The van der Waals surface area contributed by atoms with Crippen LogP contribution in [0.4, 0.5) is 0 Å². The Morgan fingerprint density at radius 1 is 0.958 bits per heavy atom. The lowest BCUT2D eigenvalue weighted by Gasteiger charge is -2.07. The number of hydrogen-bond acceptors (Lipinski definition) is 5. The van der Waals surface area contributed by atoms with E-state index in [-0.39, 0.29) is 5.57 Å². The number of carbonyl (C=O) groups is 2.